The molecule has 0 aliphatic carbocycles. The van der Waals surface area contributed by atoms with Gasteiger partial charge in [-0.15, -0.1) is 0 Å². The maximum atomic E-state index is 12.1. The number of ether oxygens (including phenoxy) is 1. The van der Waals surface area contributed by atoms with Gasteiger partial charge in [-0.3, -0.25) is 4.79 Å². The molecule has 2 aromatic rings. The number of carbonyl (C=O) groups excluding carboxylic acids is 1. The minimum Gasteiger partial charge on any atom is -0.461 e. The van der Waals surface area contributed by atoms with Gasteiger partial charge in [0.2, 0.25) is 5.91 Å². The molecule has 1 aromatic carbocycles. The largest absolute Gasteiger partial charge is 0.461 e. The maximum absolute atomic E-state index is 12.1. The highest BCUT2D eigenvalue weighted by Crippen LogP contribution is 2.24. The Hall–Kier alpha value is -1.81. The molecular weight excluding hydrogens is 242 g/mol. The van der Waals surface area contributed by atoms with Crippen molar-refractivity contribution in [3.05, 3.63) is 30.0 Å². The topological polar surface area (TPSA) is 51.5 Å². The lowest BCUT2D eigenvalue weighted by molar-refractivity contribution is -0.122. The first-order chi connectivity index (χ1) is 9.22. The Morgan fingerprint density at radius 1 is 1.26 bits per heavy atom. The number of fused-ring (bicyclic) bond motifs is 1. The molecule has 19 heavy (non-hydrogen) atoms. The molecular formula is C15H17NO3. The molecule has 4 heteroatoms. The van der Waals surface area contributed by atoms with Gasteiger partial charge in [-0.05, 0) is 44.0 Å². The van der Waals surface area contributed by atoms with Gasteiger partial charge in [-0.1, -0.05) is 0 Å². The summed E-state index contributed by atoms with van der Waals surface area (Å²) < 4.78 is 10.8. The van der Waals surface area contributed by atoms with Crippen LogP contribution in [0.1, 0.15) is 18.6 Å². The molecule has 1 amide bonds. The second-order valence-electron chi connectivity index (χ2n) is 4.99. The Bertz CT molecular complexity index is 596. The predicted molar refractivity (Wildman–Crippen MR) is 73.1 cm³/mol. The molecule has 3 rings (SSSR count). The van der Waals surface area contributed by atoms with Crippen LogP contribution in [0.5, 0.6) is 0 Å². The summed E-state index contributed by atoms with van der Waals surface area (Å²) in [5.74, 6) is 1.03. The first-order valence-electron chi connectivity index (χ1n) is 6.61. The van der Waals surface area contributed by atoms with Crippen LogP contribution >= 0.6 is 0 Å². The Labute approximate surface area is 111 Å². The van der Waals surface area contributed by atoms with Gasteiger partial charge in [0.05, 0.1) is 0 Å². The van der Waals surface area contributed by atoms with E-state index in [0.717, 1.165) is 35.3 Å². The van der Waals surface area contributed by atoms with Crippen LogP contribution < -0.4 is 5.32 Å². The molecule has 1 N–H and O–H groups in total. The molecule has 0 radical (unpaired) electrons. The normalized spacial score (nSPS) is 16.7. The molecule has 1 fully saturated rings. The Morgan fingerprint density at radius 3 is 2.84 bits per heavy atom. The van der Waals surface area contributed by atoms with E-state index in [0.29, 0.717) is 13.2 Å². The molecule has 0 saturated carbocycles. The molecule has 100 valence electrons. The van der Waals surface area contributed by atoms with E-state index in [-0.39, 0.29) is 11.8 Å². The Balaban J connectivity index is 1.74. The van der Waals surface area contributed by atoms with Gasteiger partial charge >= 0.3 is 0 Å². The minimum absolute atomic E-state index is 0.0653. The van der Waals surface area contributed by atoms with Crippen molar-refractivity contribution in [3.63, 3.8) is 0 Å². The molecule has 0 atom stereocenters. The van der Waals surface area contributed by atoms with Gasteiger partial charge in [0, 0.05) is 30.2 Å². The van der Waals surface area contributed by atoms with Crippen molar-refractivity contribution in [2.24, 2.45) is 5.92 Å². The van der Waals surface area contributed by atoms with Crippen LogP contribution in [0, 0.1) is 12.8 Å². The van der Waals surface area contributed by atoms with E-state index in [9.17, 15) is 4.79 Å². The molecule has 0 bridgehead atoms. The van der Waals surface area contributed by atoms with E-state index in [1.54, 1.807) is 0 Å². The van der Waals surface area contributed by atoms with E-state index in [4.69, 9.17) is 9.15 Å². The lowest BCUT2D eigenvalue weighted by atomic mass is 9.99. The van der Waals surface area contributed by atoms with Crippen LogP contribution in [0.2, 0.25) is 0 Å². The number of aryl methyl sites for hydroxylation is 1. The second-order valence-corrected chi connectivity index (χ2v) is 4.99. The summed E-state index contributed by atoms with van der Waals surface area (Å²) in [6.45, 7) is 3.27. The average molecular weight is 259 g/mol. The molecule has 0 spiro atoms. The van der Waals surface area contributed by atoms with Crippen LogP contribution in [0.15, 0.2) is 28.7 Å². The van der Waals surface area contributed by atoms with Crippen molar-refractivity contribution >= 4 is 22.6 Å². The Morgan fingerprint density at radius 2 is 2.05 bits per heavy atom. The first kappa shape index (κ1) is 12.2. The van der Waals surface area contributed by atoms with Crippen LogP contribution in [0.3, 0.4) is 0 Å². The summed E-state index contributed by atoms with van der Waals surface area (Å²) >= 11 is 0. The molecule has 1 aliphatic rings. The average Bonchev–Trinajstić information content (AvgIpc) is 2.79. The van der Waals surface area contributed by atoms with Gasteiger partial charge in [-0.2, -0.15) is 0 Å². The summed E-state index contributed by atoms with van der Waals surface area (Å²) in [6.07, 6.45) is 1.61. The SMILES string of the molecule is Cc1cc2cc(NC(=O)C3CCOCC3)ccc2o1. The van der Waals surface area contributed by atoms with E-state index in [1.807, 2.05) is 31.2 Å². The number of hydrogen-bond donors (Lipinski definition) is 1. The number of carbonyl (C=O) groups is 1. The highest BCUT2D eigenvalue weighted by atomic mass is 16.5. The van der Waals surface area contributed by atoms with Crippen LogP contribution in [-0.4, -0.2) is 19.1 Å². The fraction of sp³-hybridized carbons (Fsp3) is 0.400. The third-order valence-electron chi connectivity index (χ3n) is 3.50. The van der Waals surface area contributed by atoms with Crippen molar-refractivity contribution in [2.75, 3.05) is 18.5 Å². The Kier molecular flexibility index (Phi) is 3.25. The zero-order valence-electron chi connectivity index (χ0n) is 10.9. The van der Waals surface area contributed by atoms with Crippen molar-refractivity contribution in [3.8, 4) is 0 Å². The highest BCUT2D eigenvalue weighted by Gasteiger charge is 2.21. The number of amides is 1. The number of rotatable bonds is 2. The number of benzene rings is 1. The van der Waals surface area contributed by atoms with Gasteiger partial charge in [0.25, 0.3) is 0 Å². The molecule has 1 aromatic heterocycles. The number of anilines is 1. The van der Waals surface area contributed by atoms with E-state index in [2.05, 4.69) is 5.32 Å². The number of furan rings is 1. The van der Waals surface area contributed by atoms with E-state index in [1.165, 1.54) is 0 Å². The molecule has 0 unspecified atom stereocenters. The molecule has 4 nitrogen and oxygen atoms in total. The van der Waals surface area contributed by atoms with Crippen molar-refractivity contribution < 1.29 is 13.9 Å². The zero-order chi connectivity index (χ0) is 13.2. The maximum Gasteiger partial charge on any atom is 0.227 e. The van der Waals surface area contributed by atoms with Gasteiger partial charge in [-0.25, -0.2) is 0 Å². The van der Waals surface area contributed by atoms with E-state index >= 15 is 0 Å². The fourth-order valence-electron chi connectivity index (χ4n) is 2.46. The summed E-state index contributed by atoms with van der Waals surface area (Å²) in [5.41, 5.74) is 1.67. The van der Waals surface area contributed by atoms with Crippen molar-refractivity contribution in [1.29, 1.82) is 0 Å². The van der Waals surface area contributed by atoms with Crippen molar-refractivity contribution in [2.45, 2.75) is 19.8 Å². The third-order valence-corrected chi connectivity index (χ3v) is 3.50. The first-order valence-corrected chi connectivity index (χ1v) is 6.61. The highest BCUT2D eigenvalue weighted by molar-refractivity contribution is 5.94. The summed E-state index contributed by atoms with van der Waals surface area (Å²) in [5, 5.41) is 3.99. The van der Waals surface area contributed by atoms with E-state index < -0.39 is 0 Å². The summed E-state index contributed by atoms with van der Waals surface area (Å²) in [6, 6.07) is 7.69. The second kappa shape index (κ2) is 5.05. The van der Waals surface area contributed by atoms with Gasteiger partial charge < -0.3 is 14.5 Å². The van der Waals surface area contributed by atoms with Gasteiger partial charge in [0.1, 0.15) is 11.3 Å². The zero-order valence-corrected chi connectivity index (χ0v) is 10.9. The van der Waals surface area contributed by atoms with Crippen LogP contribution in [0.4, 0.5) is 5.69 Å². The van der Waals surface area contributed by atoms with Crippen LogP contribution in [0.25, 0.3) is 11.0 Å². The predicted octanol–water partition coefficient (Wildman–Crippen LogP) is 3.11. The quantitative estimate of drug-likeness (QED) is 0.901. The monoisotopic (exact) mass is 259 g/mol. The smallest absolute Gasteiger partial charge is 0.227 e. The lowest BCUT2D eigenvalue weighted by Gasteiger charge is -2.21. The summed E-state index contributed by atoms with van der Waals surface area (Å²) in [4.78, 5) is 12.1. The summed E-state index contributed by atoms with van der Waals surface area (Å²) in [7, 11) is 0. The van der Waals surface area contributed by atoms with Crippen molar-refractivity contribution in [1.82, 2.24) is 0 Å². The third kappa shape index (κ3) is 2.63. The lowest BCUT2D eigenvalue weighted by Crippen LogP contribution is -2.28. The fourth-order valence-corrected chi connectivity index (χ4v) is 2.46. The minimum atomic E-state index is 0.0653. The van der Waals surface area contributed by atoms with Gasteiger partial charge in [0.15, 0.2) is 0 Å². The molecule has 2 heterocycles. The molecule has 1 aliphatic heterocycles. The standard InChI is InChI=1S/C15H17NO3/c1-10-8-12-9-13(2-3-14(12)19-10)16-15(17)11-4-6-18-7-5-11/h2-3,8-9,11H,4-7H2,1H3,(H,16,17). The number of nitrogens with one attached hydrogen (secondary N) is 1. The number of hydrogen-bond acceptors (Lipinski definition) is 3. The molecule has 1 saturated heterocycles. The van der Waals surface area contributed by atoms with Crippen LogP contribution in [-0.2, 0) is 9.53 Å².